The number of benzene rings is 1. The zero-order chi connectivity index (χ0) is 9.26. The smallest absolute Gasteiger partial charge is 0.157 e. The maximum Gasteiger partial charge on any atom is 0.157 e. The summed E-state index contributed by atoms with van der Waals surface area (Å²) in [7, 11) is 0. The van der Waals surface area contributed by atoms with Gasteiger partial charge >= 0.3 is 0 Å². The predicted octanol–water partition coefficient (Wildman–Crippen LogP) is 3.76. The van der Waals surface area contributed by atoms with Gasteiger partial charge in [-0.15, -0.1) is 0 Å². The molecule has 0 aliphatic rings. The van der Waals surface area contributed by atoms with Crippen molar-refractivity contribution in [3.63, 3.8) is 0 Å². The van der Waals surface area contributed by atoms with Crippen LogP contribution in [0.15, 0.2) is 39.7 Å². The molecule has 13 heavy (non-hydrogen) atoms. The molecule has 0 aliphatic heterocycles. The molecule has 4 heteroatoms. The summed E-state index contributed by atoms with van der Waals surface area (Å²) in [6.07, 6.45) is 1.58. The van der Waals surface area contributed by atoms with Gasteiger partial charge in [-0.3, -0.25) is 0 Å². The monoisotopic (exact) mass is 257 g/mol. The van der Waals surface area contributed by atoms with Gasteiger partial charge in [0, 0.05) is 5.02 Å². The van der Waals surface area contributed by atoms with Gasteiger partial charge in [0.15, 0.2) is 4.60 Å². The Morgan fingerprint density at radius 1 is 1.38 bits per heavy atom. The van der Waals surface area contributed by atoms with Crippen LogP contribution < -0.4 is 0 Å². The molecule has 2 rings (SSSR count). The standard InChI is InChI=1S/C9H5BrClNO/c10-9-8(5-13-12-9)6-2-1-3-7(11)4-6/h1-5H. The molecule has 0 unspecified atom stereocenters. The molecule has 0 spiro atoms. The van der Waals surface area contributed by atoms with E-state index in [-0.39, 0.29) is 0 Å². The van der Waals surface area contributed by atoms with E-state index in [1.54, 1.807) is 6.26 Å². The van der Waals surface area contributed by atoms with Crippen molar-refractivity contribution in [1.82, 2.24) is 5.16 Å². The van der Waals surface area contributed by atoms with Gasteiger partial charge in [0.05, 0.1) is 5.56 Å². The van der Waals surface area contributed by atoms with Crippen molar-refractivity contribution in [1.29, 1.82) is 0 Å². The highest BCUT2D eigenvalue weighted by Crippen LogP contribution is 2.28. The Morgan fingerprint density at radius 3 is 2.85 bits per heavy atom. The van der Waals surface area contributed by atoms with Crippen molar-refractivity contribution >= 4 is 27.5 Å². The van der Waals surface area contributed by atoms with E-state index < -0.39 is 0 Å². The lowest BCUT2D eigenvalue weighted by atomic mass is 10.1. The fourth-order valence-electron chi connectivity index (χ4n) is 1.07. The molecule has 1 aromatic carbocycles. The summed E-state index contributed by atoms with van der Waals surface area (Å²) >= 11 is 9.13. The molecule has 0 N–H and O–H groups in total. The average molecular weight is 259 g/mol. The molecule has 2 aromatic rings. The Bertz CT molecular complexity index is 427. The maximum atomic E-state index is 5.85. The van der Waals surface area contributed by atoms with E-state index in [1.807, 2.05) is 24.3 Å². The molecule has 1 aromatic heterocycles. The first-order valence-corrected chi connectivity index (χ1v) is 4.80. The maximum absolute atomic E-state index is 5.85. The molecule has 2 nitrogen and oxygen atoms in total. The zero-order valence-corrected chi connectivity index (χ0v) is 8.84. The summed E-state index contributed by atoms with van der Waals surface area (Å²) in [5, 5.41) is 4.42. The SMILES string of the molecule is Clc1cccc(-c2conc2Br)c1. The number of halogens is 2. The number of rotatable bonds is 1. The van der Waals surface area contributed by atoms with Crippen molar-refractivity contribution in [2.24, 2.45) is 0 Å². The van der Waals surface area contributed by atoms with E-state index in [0.717, 1.165) is 11.1 Å². The van der Waals surface area contributed by atoms with Crippen molar-refractivity contribution in [2.75, 3.05) is 0 Å². The third kappa shape index (κ3) is 1.76. The minimum atomic E-state index is 0.690. The van der Waals surface area contributed by atoms with Crippen molar-refractivity contribution in [2.45, 2.75) is 0 Å². The van der Waals surface area contributed by atoms with Crippen LogP contribution in [0.1, 0.15) is 0 Å². The number of nitrogens with zero attached hydrogens (tertiary/aromatic N) is 1. The third-order valence-corrected chi connectivity index (χ3v) is 2.47. The second-order valence-corrected chi connectivity index (χ2v) is 3.72. The van der Waals surface area contributed by atoms with Gasteiger partial charge in [-0.05, 0) is 33.6 Å². The highest BCUT2D eigenvalue weighted by atomic mass is 79.9. The molecule has 1 heterocycles. The van der Waals surface area contributed by atoms with Crippen LogP contribution in [0.4, 0.5) is 0 Å². The molecule has 0 bridgehead atoms. The highest BCUT2D eigenvalue weighted by Gasteiger charge is 2.06. The van der Waals surface area contributed by atoms with Crippen molar-refractivity contribution in [3.05, 3.63) is 40.2 Å². The Labute approximate surface area is 88.6 Å². The summed E-state index contributed by atoms with van der Waals surface area (Å²) in [5.41, 5.74) is 1.89. The quantitative estimate of drug-likeness (QED) is 0.778. The summed E-state index contributed by atoms with van der Waals surface area (Å²) in [6, 6.07) is 7.52. The van der Waals surface area contributed by atoms with Gasteiger partial charge in [0.1, 0.15) is 6.26 Å². The first kappa shape index (κ1) is 8.78. The first-order chi connectivity index (χ1) is 6.27. The Hall–Kier alpha value is -0.800. The van der Waals surface area contributed by atoms with Crippen molar-refractivity contribution < 1.29 is 4.52 Å². The topological polar surface area (TPSA) is 26.0 Å². The van der Waals surface area contributed by atoms with Gasteiger partial charge in [-0.1, -0.05) is 28.9 Å². The minimum absolute atomic E-state index is 0.690. The Kier molecular flexibility index (Phi) is 2.38. The van der Waals surface area contributed by atoms with E-state index in [4.69, 9.17) is 16.1 Å². The van der Waals surface area contributed by atoms with Crippen LogP contribution in [0.2, 0.25) is 5.02 Å². The van der Waals surface area contributed by atoms with E-state index in [1.165, 1.54) is 0 Å². The van der Waals surface area contributed by atoms with Crippen molar-refractivity contribution in [3.8, 4) is 11.1 Å². The highest BCUT2D eigenvalue weighted by molar-refractivity contribution is 9.10. The normalized spacial score (nSPS) is 10.3. The second kappa shape index (κ2) is 3.52. The molecule has 0 amide bonds. The number of hydrogen-bond acceptors (Lipinski definition) is 2. The van der Waals surface area contributed by atoms with E-state index in [0.29, 0.717) is 9.63 Å². The molecule has 0 aliphatic carbocycles. The predicted molar refractivity (Wildman–Crippen MR) is 54.6 cm³/mol. The van der Waals surface area contributed by atoms with Crippen LogP contribution in [-0.2, 0) is 0 Å². The molecule has 0 saturated heterocycles. The summed E-state index contributed by atoms with van der Waals surface area (Å²) in [5.74, 6) is 0. The average Bonchev–Trinajstić information content (AvgIpc) is 2.51. The molecular formula is C9H5BrClNO. The van der Waals surface area contributed by atoms with Crippen LogP contribution in [0.3, 0.4) is 0 Å². The summed E-state index contributed by atoms with van der Waals surface area (Å²) < 4.78 is 5.49. The lowest BCUT2D eigenvalue weighted by Gasteiger charge is -1.96. The van der Waals surface area contributed by atoms with Crippen LogP contribution >= 0.6 is 27.5 Å². The van der Waals surface area contributed by atoms with Gasteiger partial charge in [0.25, 0.3) is 0 Å². The van der Waals surface area contributed by atoms with Gasteiger partial charge in [0.2, 0.25) is 0 Å². The lowest BCUT2D eigenvalue weighted by Crippen LogP contribution is -1.74. The van der Waals surface area contributed by atoms with Gasteiger partial charge in [-0.25, -0.2) is 0 Å². The third-order valence-electron chi connectivity index (χ3n) is 1.66. The zero-order valence-electron chi connectivity index (χ0n) is 6.50. The molecular weight excluding hydrogens is 253 g/mol. The Morgan fingerprint density at radius 2 is 2.23 bits per heavy atom. The van der Waals surface area contributed by atoms with Crippen LogP contribution in [0, 0.1) is 0 Å². The number of aromatic nitrogens is 1. The second-order valence-electron chi connectivity index (χ2n) is 2.53. The first-order valence-electron chi connectivity index (χ1n) is 3.63. The lowest BCUT2D eigenvalue weighted by molar-refractivity contribution is 0.416. The van der Waals surface area contributed by atoms with E-state index in [2.05, 4.69) is 21.1 Å². The van der Waals surface area contributed by atoms with Gasteiger partial charge < -0.3 is 4.52 Å². The molecule has 0 radical (unpaired) electrons. The van der Waals surface area contributed by atoms with E-state index in [9.17, 15) is 0 Å². The molecule has 66 valence electrons. The van der Waals surface area contributed by atoms with Crippen LogP contribution in [0.5, 0.6) is 0 Å². The largest absolute Gasteiger partial charge is 0.363 e. The molecule has 0 fully saturated rings. The fourth-order valence-corrected chi connectivity index (χ4v) is 1.66. The van der Waals surface area contributed by atoms with Gasteiger partial charge in [-0.2, -0.15) is 0 Å². The Balaban J connectivity index is 2.53. The number of hydrogen-bond donors (Lipinski definition) is 0. The molecule has 0 saturated carbocycles. The fraction of sp³-hybridized carbons (Fsp3) is 0. The van der Waals surface area contributed by atoms with E-state index >= 15 is 0 Å². The summed E-state index contributed by atoms with van der Waals surface area (Å²) in [4.78, 5) is 0. The summed E-state index contributed by atoms with van der Waals surface area (Å²) in [6.45, 7) is 0. The minimum Gasteiger partial charge on any atom is -0.363 e. The van der Waals surface area contributed by atoms with Crippen LogP contribution in [-0.4, -0.2) is 5.16 Å². The molecule has 0 atom stereocenters. The van der Waals surface area contributed by atoms with Crippen LogP contribution in [0.25, 0.3) is 11.1 Å².